The average molecular weight is 280 g/mol. The molecule has 1 aromatic carbocycles. The lowest BCUT2D eigenvalue weighted by Crippen LogP contribution is -2.33. The van der Waals surface area contributed by atoms with Gasteiger partial charge in [0.25, 0.3) is 6.01 Å². The highest BCUT2D eigenvalue weighted by atomic mass is 16.6. The number of nitrogens with zero attached hydrogens (tertiary/aromatic N) is 2. The Kier molecular flexibility index (Phi) is 3.35. The van der Waals surface area contributed by atoms with Crippen molar-refractivity contribution in [3.63, 3.8) is 0 Å². The third-order valence-corrected chi connectivity index (χ3v) is 3.52. The molecule has 0 aliphatic carbocycles. The molecular formula is C13H16N2O5. The van der Waals surface area contributed by atoms with E-state index in [2.05, 4.69) is 4.98 Å². The maximum Gasteiger partial charge on any atom is 0.299 e. The summed E-state index contributed by atoms with van der Waals surface area (Å²) in [5.41, 5.74) is 1.42. The summed E-state index contributed by atoms with van der Waals surface area (Å²) in [5.74, 6) is 0. The monoisotopic (exact) mass is 280 g/mol. The van der Waals surface area contributed by atoms with Crippen LogP contribution in [0.15, 0.2) is 24.3 Å². The minimum atomic E-state index is -1.17. The Bertz CT molecular complexity index is 614. The lowest BCUT2D eigenvalue weighted by molar-refractivity contribution is -0.0535. The van der Waals surface area contributed by atoms with Gasteiger partial charge >= 0.3 is 0 Å². The van der Waals surface area contributed by atoms with Gasteiger partial charge in [-0.25, -0.2) is 0 Å². The van der Waals surface area contributed by atoms with Crippen LogP contribution >= 0.6 is 0 Å². The fourth-order valence-corrected chi connectivity index (χ4v) is 2.51. The zero-order valence-corrected chi connectivity index (χ0v) is 10.9. The molecule has 0 bridgehead atoms. The zero-order chi connectivity index (χ0) is 14.3. The third kappa shape index (κ3) is 1.87. The van der Waals surface area contributed by atoms with E-state index < -0.39 is 24.5 Å². The van der Waals surface area contributed by atoms with Crippen molar-refractivity contribution >= 4 is 11.0 Å². The quantitative estimate of drug-likeness (QED) is 0.711. The SMILES string of the molecule is COc1nc2ccccc2n1[C@@H]1O[C@H](CO)[C@@H](O)[C@H]1O. The second-order valence-electron chi connectivity index (χ2n) is 4.69. The smallest absolute Gasteiger partial charge is 0.299 e. The minimum Gasteiger partial charge on any atom is -0.468 e. The van der Waals surface area contributed by atoms with Gasteiger partial charge < -0.3 is 24.8 Å². The van der Waals surface area contributed by atoms with E-state index in [1.54, 1.807) is 4.57 Å². The molecule has 7 heteroatoms. The lowest BCUT2D eigenvalue weighted by atomic mass is 10.1. The van der Waals surface area contributed by atoms with E-state index in [0.717, 1.165) is 5.52 Å². The maximum atomic E-state index is 10.1. The van der Waals surface area contributed by atoms with Crippen LogP contribution in [0.3, 0.4) is 0 Å². The van der Waals surface area contributed by atoms with Crippen LogP contribution in [-0.4, -0.2) is 56.9 Å². The summed E-state index contributed by atoms with van der Waals surface area (Å²) < 4.78 is 12.3. The van der Waals surface area contributed by atoms with Crippen molar-refractivity contribution in [3.8, 4) is 6.01 Å². The summed E-state index contributed by atoms with van der Waals surface area (Å²) in [7, 11) is 1.47. The molecule has 4 atom stereocenters. The minimum absolute atomic E-state index is 0.279. The molecule has 20 heavy (non-hydrogen) atoms. The first-order valence-corrected chi connectivity index (χ1v) is 6.30. The van der Waals surface area contributed by atoms with Crippen molar-refractivity contribution in [1.29, 1.82) is 0 Å². The standard InChI is InChI=1S/C13H16N2O5/c1-19-13-14-7-4-2-3-5-8(7)15(13)12-11(18)10(17)9(6-16)20-12/h2-5,9-12,16-18H,6H2,1H3/t9-,10-,11-,12-/m1/s1. The van der Waals surface area contributed by atoms with E-state index in [0.29, 0.717) is 5.52 Å². The van der Waals surface area contributed by atoms with E-state index in [-0.39, 0.29) is 12.6 Å². The number of rotatable bonds is 3. The highest BCUT2D eigenvalue weighted by molar-refractivity contribution is 5.76. The Morgan fingerprint density at radius 3 is 2.70 bits per heavy atom. The van der Waals surface area contributed by atoms with E-state index in [4.69, 9.17) is 14.6 Å². The van der Waals surface area contributed by atoms with Gasteiger partial charge in [0.2, 0.25) is 0 Å². The van der Waals surface area contributed by atoms with Crippen molar-refractivity contribution in [2.75, 3.05) is 13.7 Å². The van der Waals surface area contributed by atoms with E-state index >= 15 is 0 Å². The summed E-state index contributed by atoms with van der Waals surface area (Å²) >= 11 is 0. The normalized spacial score (nSPS) is 30.0. The van der Waals surface area contributed by atoms with Gasteiger partial charge in [-0.3, -0.25) is 4.57 Å². The van der Waals surface area contributed by atoms with Crippen molar-refractivity contribution in [1.82, 2.24) is 9.55 Å². The summed E-state index contributed by atoms with van der Waals surface area (Å²) in [6, 6.07) is 7.59. The third-order valence-electron chi connectivity index (χ3n) is 3.52. The number of ether oxygens (including phenoxy) is 2. The van der Waals surface area contributed by atoms with Gasteiger partial charge in [-0.05, 0) is 12.1 Å². The lowest BCUT2D eigenvalue weighted by Gasteiger charge is -2.18. The molecule has 1 fully saturated rings. The number of fused-ring (bicyclic) bond motifs is 1. The van der Waals surface area contributed by atoms with Gasteiger partial charge in [0.05, 0.1) is 24.8 Å². The molecule has 0 radical (unpaired) electrons. The summed E-state index contributed by atoms with van der Waals surface area (Å²) in [5, 5.41) is 29.1. The number of benzene rings is 1. The van der Waals surface area contributed by atoms with Crippen molar-refractivity contribution in [2.45, 2.75) is 24.5 Å². The van der Waals surface area contributed by atoms with Crippen LogP contribution in [0.4, 0.5) is 0 Å². The molecule has 1 aliphatic rings. The number of aromatic nitrogens is 2. The number of aliphatic hydroxyl groups is 3. The van der Waals surface area contributed by atoms with E-state index in [9.17, 15) is 10.2 Å². The van der Waals surface area contributed by atoms with Gasteiger partial charge in [-0.1, -0.05) is 12.1 Å². The van der Waals surface area contributed by atoms with Crippen LogP contribution in [0.5, 0.6) is 6.01 Å². The van der Waals surface area contributed by atoms with Crippen LogP contribution in [0.25, 0.3) is 11.0 Å². The van der Waals surface area contributed by atoms with Crippen LogP contribution in [-0.2, 0) is 4.74 Å². The molecule has 1 aromatic heterocycles. The van der Waals surface area contributed by atoms with Gasteiger partial charge in [0, 0.05) is 0 Å². The van der Waals surface area contributed by atoms with Gasteiger partial charge in [-0.15, -0.1) is 0 Å². The molecule has 3 N–H and O–H groups in total. The number of imidazole rings is 1. The van der Waals surface area contributed by atoms with Crippen molar-refractivity contribution in [2.24, 2.45) is 0 Å². The highest BCUT2D eigenvalue weighted by Gasteiger charge is 2.44. The van der Waals surface area contributed by atoms with Crippen LogP contribution in [0.2, 0.25) is 0 Å². The first kappa shape index (κ1) is 13.3. The first-order chi connectivity index (χ1) is 9.67. The number of hydrogen-bond acceptors (Lipinski definition) is 6. The zero-order valence-electron chi connectivity index (χ0n) is 10.9. The summed E-state index contributed by atoms with van der Waals surface area (Å²) in [4.78, 5) is 4.29. The van der Waals surface area contributed by atoms with Crippen LogP contribution in [0, 0.1) is 0 Å². The Morgan fingerprint density at radius 2 is 2.05 bits per heavy atom. The molecule has 0 saturated carbocycles. The van der Waals surface area contributed by atoms with Crippen LogP contribution < -0.4 is 4.74 Å². The van der Waals surface area contributed by atoms with Crippen molar-refractivity contribution < 1.29 is 24.8 Å². The van der Waals surface area contributed by atoms with Gasteiger partial charge in [0.15, 0.2) is 6.23 Å². The van der Waals surface area contributed by atoms with Crippen LogP contribution in [0.1, 0.15) is 6.23 Å². The first-order valence-electron chi connectivity index (χ1n) is 6.30. The van der Waals surface area contributed by atoms with E-state index in [1.165, 1.54) is 7.11 Å². The highest BCUT2D eigenvalue weighted by Crippen LogP contribution is 2.35. The second-order valence-corrected chi connectivity index (χ2v) is 4.69. The van der Waals surface area contributed by atoms with Gasteiger partial charge in [-0.2, -0.15) is 4.98 Å². The van der Waals surface area contributed by atoms with Crippen molar-refractivity contribution in [3.05, 3.63) is 24.3 Å². The number of aliphatic hydroxyl groups excluding tert-OH is 3. The molecule has 1 aliphatic heterocycles. The molecule has 2 aromatic rings. The fourth-order valence-electron chi connectivity index (χ4n) is 2.51. The Hall–Kier alpha value is -1.67. The van der Waals surface area contributed by atoms with E-state index in [1.807, 2.05) is 24.3 Å². The topological polar surface area (TPSA) is 97.0 Å². The molecular weight excluding hydrogens is 264 g/mol. The summed E-state index contributed by atoms with van der Waals surface area (Å²) in [6.45, 7) is -0.371. The predicted octanol–water partition coefficient (Wildman–Crippen LogP) is -0.344. The predicted molar refractivity (Wildman–Crippen MR) is 69.3 cm³/mol. The number of hydrogen-bond donors (Lipinski definition) is 3. The maximum absolute atomic E-state index is 10.1. The Morgan fingerprint density at radius 1 is 1.30 bits per heavy atom. The van der Waals surface area contributed by atoms with Gasteiger partial charge in [0.1, 0.15) is 18.3 Å². The second kappa shape index (κ2) is 5.02. The molecule has 108 valence electrons. The molecule has 7 nitrogen and oxygen atoms in total. The molecule has 0 unspecified atom stereocenters. The largest absolute Gasteiger partial charge is 0.468 e. The Labute approximate surface area is 115 Å². The summed E-state index contributed by atoms with van der Waals surface area (Å²) in [6.07, 6.45) is -4.01. The Balaban J connectivity index is 2.10. The molecule has 0 spiro atoms. The molecule has 0 amide bonds. The average Bonchev–Trinajstić information content (AvgIpc) is 2.98. The number of methoxy groups -OCH3 is 1. The number of para-hydroxylation sites is 2. The molecule has 2 heterocycles. The molecule has 1 saturated heterocycles. The fraction of sp³-hybridized carbons (Fsp3) is 0.462. The molecule has 3 rings (SSSR count).